The van der Waals surface area contributed by atoms with Crippen molar-refractivity contribution in [1.82, 2.24) is 10.6 Å². The van der Waals surface area contributed by atoms with E-state index in [0.29, 0.717) is 11.8 Å². The molecule has 0 aromatic carbocycles. The number of carbonyl (C=O) groups excluding carboxylic acids is 1. The zero-order valence-corrected chi connectivity index (χ0v) is 8.65. The number of carbonyl (C=O) groups is 1. The van der Waals surface area contributed by atoms with Gasteiger partial charge in [0.05, 0.1) is 0 Å². The standard InChI is InChI=1S/C10H20N2O/c1-10(5-6-10)8-12-7-3-4-9(13)11-2/h12H,3-8H2,1-2H3,(H,11,13). The Kier molecular flexibility index (Phi) is 3.72. The molecule has 1 fully saturated rings. The van der Waals surface area contributed by atoms with E-state index in [9.17, 15) is 4.79 Å². The summed E-state index contributed by atoms with van der Waals surface area (Å²) in [5.74, 6) is 0.138. The van der Waals surface area contributed by atoms with Gasteiger partial charge in [-0.15, -0.1) is 0 Å². The fourth-order valence-electron chi connectivity index (χ4n) is 1.28. The molecule has 0 aromatic rings. The second kappa shape index (κ2) is 4.61. The first kappa shape index (κ1) is 10.5. The summed E-state index contributed by atoms with van der Waals surface area (Å²) in [5, 5.41) is 6.01. The van der Waals surface area contributed by atoms with Gasteiger partial charge in [0.15, 0.2) is 0 Å². The first-order valence-corrected chi connectivity index (χ1v) is 5.08. The van der Waals surface area contributed by atoms with Crippen LogP contribution in [0.1, 0.15) is 32.6 Å². The summed E-state index contributed by atoms with van der Waals surface area (Å²) in [5.41, 5.74) is 0.576. The van der Waals surface area contributed by atoms with Crippen LogP contribution >= 0.6 is 0 Å². The predicted molar refractivity (Wildman–Crippen MR) is 53.5 cm³/mol. The molecule has 1 rings (SSSR count). The van der Waals surface area contributed by atoms with Crippen molar-refractivity contribution in [2.24, 2.45) is 5.41 Å². The second-order valence-corrected chi connectivity index (χ2v) is 4.26. The molecule has 0 heterocycles. The highest BCUT2D eigenvalue weighted by molar-refractivity contribution is 5.75. The fraction of sp³-hybridized carbons (Fsp3) is 0.900. The largest absolute Gasteiger partial charge is 0.359 e. The molecule has 0 aliphatic heterocycles. The van der Waals surface area contributed by atoms with Gasteiger partial charge in [-0.1, -0.05) is 6.92 Å². The molecule has 0 radical (unpaired) electrons. The lowest BCUT2D eigenvalue weighted by Crippen LogP contribution is -2.25. The van der Waals surface area contributed by atoms with Gasteiger partial charge in [-0.2, -0.15) is 0 Å². The molecule has 3 heteroatoms. The van der Waals surface area contributed by atoms with Gasteiger partial charge in [0.2, 0.25) is 5.91 Å². The van der Waals surface area contributed by atoms with E-state index in [1.807, 2.05) is 0 Å². The molecule has 2 N–H and O–H groups in total. The molecule has 1 amide bonds. The van der Waals surface area contributed by atoms with E-state index in [0.717, 1.165) is 19.5 Å². The first-order chi connectivity index (χ1) is 6.16. The van der Waals surface area contributed by atoms with Gasteiger partial charge in [0.25, 0.3) is 0 Å². The van der Waals surface area contributed by atoms with Gasteiger partial charge in [-0.05, 0) is 31.2 Å². The maximum atomic E-state index is 10.8. The van der Waals surface area contributed by atoms with Crippen molar-refractivity contribution in [2.75, 3.05) is 20.1 Å². The van der Waals surface area contributed by atoms with E-state index >= 15 is 0 Å². The fourth-order valence-corrected chi connectivity index (χ4v) is 1.28. The summed E-state index contributed by atoms with van der Waals surface area (Å²) in [4.78, 5) is 10.8. The van der Waals surface area contributed by atoms with Crippen molar-refractivity contribution in [1.29, 1.82) is 0 Å². The molecule has 0 bridgehead atoms. The summed E-state index contributed by atoms with van der Waals surface area (Å²) in [6.07, 6.45) is 4.29. The molecule has 0 aromatic heterocycles. The van der Waals surface area contributed by atoms with Gasteiger partial charge in [0, 0.05) is 20.0 Å². The zero-order valence-electron chi connectivity index (χ0n) is 8.65. The first-order valence-electron chi connectivity index (χ1n) is 5.08. The molecule has 0 spiro atoms. The molecular formula is C10H20N2O. The minimum Gasteiger partial charge on any atom is -0.359 e. The minimum absolute atomic E-state index is 0.138. The highest BCUT2D eigenvalue weighted by Crippen LogP contribution is 2.43. The number of hydrogen-bond acceptors (Lipinski definition) is 2. The quantitative estimate of drug-likeness (QED) is 0.602. The van der Waals surface area contributed by atoms with Crippen molar-refractivity contribution >= 4 is 5.91 Å². The molecule has 0 unspecified atom stereocenters. The van der Waals surface area contributed by atoms with E-state index in [1.54, 1.807) is 7.05 Å². The number of hydrogen-bond donors (Lipinski definition) is 2. The smallest absolute Gasteiger partial charge is 0.219 e. The predicted octanol–water partition coefficient (Wildman–Crippen LogP) is 0.902. The van der Waals surface area contributed by atoms with Crippen LogP contribution in [0, 0.1) is 5.41 Å². The van der Waals surface area contributed by atoms with E-state index in [1.165, 1.54) is 12.8 Å². The van der Waals surface area contributed by atoms with Gasteiger partial charge < -0.3 is 10.6 Å². The van der Waals surface area contributed by atoms with Crippen LogP contribution in [0.15, 0.2) is 0 Å². The van der Waals surface area contributed by atoms with Crippen LogP contribution in [0.4, 0.5) is 0 Å². The van der Waals surface area contributed by atoms with Crippen molar-refractivity contribution < 1.29 is 4.79 Å². The van der Waals surface area contributed by atoms with Crippen LogP contribution in [0.25, 0.3) is 0 Å². The van der Waals surface area contributed by atoms with Crippen LogP contribution in [0.2, 0.25) is 0 Å². The van der Waals surface area contributed by atoms with E-state index < -0.39 is 0 Å². The zero-order chi connectivity index (χ0) is 9.73. The van der Waals surface area contributed by atoms with Gasteiger partial charge in [-0.25, -0.2) is 0 Å². The SMILES string of the molecule is CNC(=O)CCCNCC1(C)CC1. The Balaban J connectivity index is 1.87. The van der Waals surface area contributed by atoms with Crippen molar-refractivity contribution in [3.8, 4) is 0 Å². The van der Waals surface area contributed by atoms with Gasteiger partial charge in [0.1, 0.15) is 0 Å². The third-order valence-corrected chi connectivity index (χ3v) is 2.69. The van der Waals surface area contributed by atoms with E-state index in [-0.39, 0.29) is 5.91 Å². The monoisotopic (exact) mass is 184 g/mol. The van der Waals surface area contributed by atoms with Crippen LogP contribution in [-0.4, -0.2) is 26.0 Å². The van der Waals surface area contributed by atoms with Crippen LogP contribution in [0.5, 0.6) is 0 Å². The highest BCUT2D eigenvalue weighted by Gasteiger charge is 2.36. The Hall–Kier alpha value is -0.570. The molecule has 13 heavy (non-hydrogen) atoms. The summed E-state index contributed by atoms with van der Waals surface area (Å²) in [7, 11) is 1.68. The highest BCUT2D eigenvalue weighted by atomic mass is 16.1. The molecule has 0 atom stereocenters. The van der Waals surface area contributed by atoms with E-state index in [2.05, 4.69) is 17.6 Å². The van der Waals surface area contributed by atoms with Crippen LogP contribution in [0.3, 0.4) is 0 Å². The maximum absolute atomic E-state index is 10.8. The molecular weight excluding hydrogens is 164 g/mol. The van der Waals surface area contributed by atoms with Crippen LogP contribution < -0.4 is 10.6 Å². The van der Waals surface area contributed by atoms with Crippen molar-refractivity contribution in [3.05, 3.63) is 0 Å². The molecule has 1 aliphatic rings. The topological polar surface area (TPSA) is 41.1 Å². The van der Waals surface area contributed by atoms with Gasteiger partial charge >= 0.3 is 0 Å². The minimum atomic E-state index is 0.138. The summed E-state index contributed by atoms with van der Waals surface area (Å²) < 4.78 is 0. The normalized spacial score (nSPS) is 18.3. The number of rotatable bonds is 6. The average molecular weight is 184 g/mol. The van der Waals surface area contributed by atoms with E-state index in [4.69, 9.17) is 0 Å². The Morgan fingerprint density at radius 1 is 1.46 bits per heavy atom. The Morgan fingerprint density at radius 2 is 2.15 bits per heavy atom. The Labute approximate surface area is 80.3 Å². The lowest BCUT2D eigenvalue weighted by molar-refractivity contribution is -0.120. The van der Waals surface area contributed by atoms with Gasteiger partial charge in [-0.3, -0.25) is 4.79 Å². The lowest BCUT2D eigenvalue weighted by atomic mass is 10.1. The summed E-state index contributed by atoms with van der Waals surface area (Å²) >= 11 is 0. The molecule has 1 aliphatic carbocycles. The van der Waals surface area contributed by atoms with Crippen LogP contribution in [-0.2, 0) is 4.79 Å². The summed E-state index contributed by atoms with van der Waals surface area (Å²) in [6, 6.07) is 0. The average Bonchev–Trinajstić information content (AvgIpc) is 2.83. The maximum Gasteiger partial charge on any atom is 0.219 e. The molecule has 3 nitrogen and oxygen atoms in total. The molecule has 0 saturated heterocycles. The Bertz CT molecular complexity index is 176. The molecule has 1 saturated carbocycles. The Morgan fingerprint density at radius 3 is 2.69 bits per heavy atom. The van der Waals surface area contributed by atoms with Crippen molar-refractivity contribution in [2.45, 2.75) is 32.6 Å². The third-order valence-electron chi connectivity index (χ3n) is 2.69. The number of amides is 1. The van der Waals surface area contributed by atoms with Crippen molar-refractivity contribution in [3.63, 3.8) is 0 Å². The number of nitrogens with one attached hydrogen (secondary N) is 2. The molecule has 76 valence electrons. The lowest BCUT2D eigenvalue weighted by Gasteiger charge is -2.09. The third kappa shape index (κ3) is 4.27. The summed E-state index contributed by atoms with van der Waals surface area (Å²) in [6.45, 7) is 4.38. The second-order valence-electron chi connectivity index (χ2n) is 4.26.